The molecule has 0 amide bonds. The van der Waals surface area contributed by atoms with E-state index >= 15 is 0 Å². The Morgan fingerprint density at radius 3 is 2.24 bits per heavy atom. The summed E-state index contributed by atoms with van der Waals surface area (Å²) in [5, 5.41) is 30.0. The Bertz CT molecular complexity index is 1160. The Morgan fingerprint density at radius 2 is 1.64 bits per heavy atom. The molecule has 0 unspecified atom stereocenters. The van der Waals surface area contributed by atoms with Crippen molar-refractivity contribution in [3.05, 3.63) is 54.2 Å². The molecule has 2 heterocycles. The van der Waals surface area contributed by atoms with Gasteiger partial charge in [-0.25, -0.2) is 13.4 Å². The highest BCUT2D eigenvalue weighted by molar-refractivity contribution is 7.91. The minimum atomic E-state index is -3.71. The number of H-pyrrole nitrogens is 1. The van der Waals surface area contributed by atoms with Crippen LogP contribution in [0.3, 0.4) is 0 Å². The number of rotatable bonds is 6. The summed E-state index contributed by atoms with van der Waals surface area (Å²) in [5.74, 6) is 1.42. The molecule has 33 heavy (non-hydrogen) atoms. The first-order valence-electron chi connectivity index (χ1n) is 10.5. The maximum atomic E-state index is 13.2. The number of carboxylic acid groups (broad SMARTS) is 1. The van der Waals surface area contributed by atoms with E-state index in [0.717, 1.165) is 31.4 Å². The average molecular weight is 474 g/mol. The number of hydrogen-bond acceptors (Lipinski definition) is 8. The number of benzene rings is 1. The molecule has 1 fully saturated rings. The molecule has 1 aromatic carbocycles. The molecule has 1 saturated carbocycles. The number of nitrogens with zero attached hydrogens (tertiary/aromatic N) is 2. The van der Waals surface area contributed by atoms with Gasteiger partial charge in [0.05, 0.1) is 15.9 Å². The number of sulfone groups is 1. The summed E-state index contributed by atoms with van der Waals surface area (Å²) in [6, 6.07) is 13.4. The van der Waals surface area contributed by atoms with E-state index < -0.39 is 9.84 Å². The summed E-state index contributed by atoms with van der Waals surface area (Å²) in [7, 11) is -3.71. The number of aliphatic hydroxyl groups is 1. The number of nitrogens with one attached hydrogen (secondary N) is 3. The van der Waals surface area contributed by atoms with Crippen molar-refractivity contribution in [2.45, 2.75) is 54.5 Å². The molecule has 0 radical (unpaired) electrons. The number of pyridine rings is 1. The Hall–Kier alpha value is -3.44. The summed E-state index contributed by atoms with van der Waals surface area (Å²) in [5.41, 5.74) is 0.879. The SMILES string of the molecule is Cc1cc(Nc2cc(S(=O)(=O)c3ccccc3)cc(N[C@H]3CC[C@H](O)CC3)n2)n[nH]1.O=CO. The van der Waals surface area contributed by atoms with E-state index in [4.69, 9.17) is 9.90 Å². The number of aromatic amines is 1. The van der Waals surface area contributed by atoms with Crippen molar-refractivity contribution in [2.75, 3.05) is 10.6 Å². The van der Waals surface area contributed by atoms with Crippen LogP contribution in [0.15, 0.2) is 58.3 Å². The van der Waals surface area contributed by atoms with E-state index in [1.807, 2.05) is 13.0 Å². The lowest BCUT2D eigenvalue weighted by Crippen LogP contribution is -2.28. The first-order chi connectivity index (χ1) is 15.8. The Balaban J connectivity index is 0.000000968. The zero-order chi connectivity index (χ0) is 23.8. The highest BCUT2D eigenvalue weighted by Gasteiger charge is 2.23. The normalized spacial score (nSPS) is 18.0. The van der Waals surface area contributed by atoms with Crippen molar-refractivity contribution in [1.82, 2.24) is 15.2 Å². The van der Waals surface area contributed by atoms with Crippen molar-refractivity contribution in [3.63, 3.8) is 0 Å². The van der Waals surface area contributed by atoms with Gasteiger partial charge in [-0.2, -0.15) is 5.10 Å². The minimum absolute atomic E-state index is 0.135. The van der Waals surface area contributed by atoms with Gasteiger partial charge in [0.1, 0.15) is 11.6 Å². The summed E-state index contributed by atoms with van der Waals surface area (Å²) < 4.78 is 26.4. The first-order valence-corrected chi connectivity index (χ1v) is 11.9. The zero-order valence-corrected chi connectivity index (χ0v) is 18.9. The molecular weight excluding hydrogens is 446 g/mol. The van der Waals surface area contributed by atoms with Gasteiger partial charge < -0.3 is 20.8 Å². The third kappa shape index (κ3) is 6.53. The Labute approximate surface area is 192 Å². The third-order valence-electron chi connectivity index (χ3n) is 5.17. The van der Waals surface area contributed by atoms with E-state index in [1.165, 1.54) is 6.07 Å². The summed E-state index contributed by atoms with van der Waals surface area (Å²) in [6.07, 6.45) is 2.79. The quantitative estimate of drug-likeness (QED) is 0.339. The first kappa shape index (κ1) is 24.2. The van der Waals surface area contributed by atoms with Crippen LogP contribution in [0.4, 0.5) is 17.5 Å². The molecule has 0 atom stereocenters. The molecule has 10 nitrogen and oxygen atoms in total. The van der Waals surface area contributed by atoms with E-state index in [2.05, 4.69) is 25.8 Å². The van der Waals surface area contributed by atoms with Crippen molar-refractivity contribution >= 4 is 33.8 Å². The molecule has 2 aromatic heterocycles. The Kier molecular flexibility index (Phi) is 8.01. The van der Waals surface area contributed by atoms with Crippen LogP contribution in [0.5, 0.6) is 0 Å². The lowest BCUT2D eigenvalue weighted by Gasteiger charge is -2.26. The maximum Gasteiger partial charge on any atom is 0.290 e. The van der Waals surface area contributed by atoms with Gasteiger partial charge in [0.25, 0.3) is 6.47 Å². The molecule has 1 aliphatic rings. The van der Waals surface area contributed by atoms with Gasteiger partial charge in [0.15, 0.2) is 5.82 Å². The molecule has 176 valence electrons. The average Bonchev–Trinajstić information content (AvgIpc) is 3.21. The highest BCUT2D eigenvalue weighted by atomic mass is 32.2. The predicted molar refractivity (Wildman–Crippen MR) is 123 cm³/mol. The smallest absolute Gasteiger partial charge is 0.290 e. The van der Waals surface area contributed by atoms with E-state index in [-0.39, 0.29) is 28.4 Å². The lowest BCUT2D eigenvalue weighted by molar-refractivity contribution is -0.122. The van der Waals surface area contributed by atoms with Gasteiger partial charge in [-0.05, 0) is 50.8 Å². The van der Waals surface area contributed by atoms with Crippen molar-refractivity contribution < 1.29 is 23.4 Å². The zero-order valence-electron chi connectivity index (χ0n) is 18.1. The molecule has 3 aromatic rings. The van der Waals surface area contributed by atoms with E-state index in [9.17, 15) is 13.5 Å². The number of carbonyl (C=O) groups is 1. The lowest BCUT2D eigenvalue weighted by atomic mass is 9.93. The van der Waals surface area contributed by atoms with Crippen LogP contribution in [-0.2, 0) is 14.6 Å². The van der Waals surface area contributed by atoms with Gasteiger partial charge in [0.2, 0.25) is 9.84 Å². The maximum absolute atomic E-state index is 13.2. The highest BCUT2D eigenvalue weighted by Crippen LogP contribution is 2.28. The second-order valence-corrected chi connectivity index (χ2v) is 9.66. The standard InChI is InChI=1S/C21H25N5O3S.CH2O2/c1-14-11-21(26-25-14)24-20-13-18(30(28,29)17-5-3-2-4-6-17)12-19(23-20)22-15-7-9-16(27)10-8-15;2-1-3/h2-6,11-13,15-16,27H,7-10H2,1H3,(H3,22,23,24,25,26);1H,(H,2,3)/t15-,16-;. The summed E-state index contributed by atoms with van der Waals surface area (Å²) in [6.45, 7) is 1.63. The topological polar surface area (TPSA) is 157 Å². The molecule has 0 aliphatic heterocycles. The van der Waals surface area contributed by atoms with Crippen LogP contribution in [0, 0.1) is 6.92 Å². The number of aryl methyl sites for hydroxylation is 1. The largest absolute Gasteiger partial charge is 0.483 e. The second kappa shape index (κ2) is 10.9. The number of anilines is 3. The van der Waals surface area contributed by atoms with Crippen LogP contribution < -0.4 is 10.6 Å². The van der Waals surface area contributed by atoms with Gasteiger partial charge in [-0.3, -0.25) is 9.89 Å². The molecule has 0 spiro atoms. The van der Waals surface area contributed by atoms with Crippen LogP contribution in [0.25, 0.3) is 0 Å². The molecule has 0 bridgehead atoms. The van der Waals surface area contributed by atoms with Crippen molar-refractivity contribution in [3.8, 4) is 0 Å². The van der Waals surface area contributed by atoms with E-state index in [1.54, 1.807) is 36.4 Å². The fraction of sp³-hybridized carbons (Fsp3) is 0.318. The predicted octanol–water partition coefficient (Wildman–Crippen LogP) is 3.11. The van der Waals surface area contributed by atoms with Crippen LogP contribution >= 0.6 is 0 Å². The van der Waals surface area contributed by atoms with Gasteiger partial charge in [-0.15, -0.1) is 0 Å². The second-order valence-electron chi connectivity index (χ2n) is 7.71. The number of aliphatic hydroxyl groups excluding tert-OH is 1. The van der Waals surface area contributed by atoms with Crippen molar-refractivity contribution in [2.24, 2.45) is 0 Å². The molecule has 1 aliphatic carbocycles. The van der Waals surface area contributed by atoms with Crippen LogP contribution in [0.1, 0.15) is 31.4 Å². The van der Waals surface area contributed by atoms with Gasteiger partial charge in [0, 0.05) is 23.9 Å². The van der Waals surface area contributed by atoms with Crippen LogP contribution in [0.2, 0.25) is 0 Å². The molecule has 0 saturated heterocycles. The molecule has 5 N–H and O–H groups in total. The van der Waals surface area contributed by atoms with Crippen LogP contribution in [-0.4, -0.2) is 52.4 Å². The third-order valence-corrected chi connectivity index (χ3v) is 6.92. The van der Waals surface area contributed by atoms with Crippen molar-refractivity contribution in [1.29, 1.82) is 0 Å². The molecule has 4 rings (SSSR count). The van der Waals surface area contributed by atoms with Gasteiger partial charge in [-0.1, -0.05) is 18.2 Å². The minimum Gasteiger partial charge on any atom is -0.483 e. The summed E-state index contributed by atoms with van der Waals surface area (Å²) >= 11 is 0. The Morgan fingerprint density at radius 1 is 1.00 bits per heavy atom. The number of aromatic nitrogens is 3. The van der Waals surface area contributed by atoms with Gasteiger partial charge >= 0.3 is 0 Å². The fourth-order valence-corrected chi connectivity index (χ4v) is 4.90. The fourth-order valence-electron chi connectivity index (χ4n) is 3.58. The summed E-state index contributed by atoms with van der Waals surface area (Å²) in [4.78, 5) is 13.3. The van der Waals surface area contributed by atoms with E-state index in [0.29, 0.717) is 17.5 Å². The molecular formula is C22H27N5O5S. The monoisotopic (exact) mass is 473 g/mol. The molecule has 11 heteroatoms. The number of hydrogen-bond donors (Lipinski definition) is 5.